The van der Waals surface area contributed by atoms with E-state index in [1.54, 1.807) is 11.9 Å². The lowest BCUT2D eigenvalue weighted by atomic mass is 10.0. The Morgan fingerprint density at radius 2 is 1.96 bits per heavy atom. The van der Waals surface area contributed by atoms with Crippen molar-refractivity contribution >= 4 is 12.0 Å². The van der Waals surface area contributed by atoms with E-state index >= 15 is 0 Å². The van der Waals surface area contributed by atoms with Crippen molar-refractivity contribution in [1.82, 2.24) is 15.1 Å². The minimum absolute atomic E-state index is 0.0436. The molecular weight excluding hydrogens is 320 g/mol. The molecule has 3 aliphatic rings. The van der Waals surface area contributed by atoms with Crippen molar-refractivity contribution in [2.24, 2.45) is 17.8 Å². The molecule has 2 aliphatic carbocycles. The standard InChI is InChI=1S/C18H28N4O3/c1-21(18(24)25)11-12-5-13-7-15(8-14(13)6-12)20-10-17(23)22-4-2-3-16(22)9-19/h12-16,20H,2-8,10-11H2,1H3,(H,24,25). The van der Waals surface area contributed by atoms with Crippen molar-refractivity contribution in [2.75, 3.05) is 26.7 Å². The summed E-state index contributed by atoms with van der Waals surface area (Å²) in [6.07, 6.45) is 5.20. The van der Waals surface area contributed by atoms with Crippen LogP contribution in [0.4, 0.5) is 4.79 Å². The summed E-state index contributed by atoms with van der Waals surface area (Å²) in [6.45, 7) is 1.66. The molecule has 0 aromatic rings. The van der Waals surface area contributed by atoms with Crippen LogP contribution in [0.5, 0.6) is 0 Å². The zero-order valence-corrected chi connectivity index (χ0v) is 14.9. The highest BCUT2D eigenvalue weighted by atomic mass is 16.4. The fourth-order valence-electron chi connectivity index (χ4n) is 5.06. The highest BCUT2D eigenvalue weighted by Gasteiger charge is 2.42. The van der Waals surface area contributed by atoms with Gasteiger partial charge >= 0.3 is 6.09 Å². The van der Waals surface area contributed by atoms with Crippen LogP contribution >= 0.6 is 0 Å². The topological polar surface area (TPSA) is 96.7 Å². The summed E-state index contributed by atoms with van der Waals surface area (Å²) >= 11 is 0. The molecule has 2 N–H and O–H groups in total. The maximum atomic E-state index is 12.3. The third-order valence-corrected chi connectivity index (χ3v) is 6.24. The molecule has 0 aromatic heterocycles. The lowest BCUT2D eigenvalue weighted by molar-refractivity contribution is -0.130. The van der Waals surface area contributed by atoms with E-state index in [2.05, 4.69) is 11.4 Å². The number of carbonyl (C=O) groups excluding carboxylic acids is 1. The molecule has 25 heavy (non-hydrogen) atoms. The largest absolute Gasteiger partial charge is 0.465 e. The third-order valence-electron chi connectivity index (χ3n) is 6.24. The summed E-state index contributed by atoms with van der Waals surface area (Å²) in [4.78, 5) is 26.4. The van der Waals surface area contributed by atoms with Gasteiger partial charge in [0.1, 0.15) is 6.04 Å². The number of amides is 2. The predicted octanol–water partition coefficient (Wildman–Crippen LogP) is 1.51. The van der Waals surface area contributed by atoms with E-state index in [0.29, 0.717) is 43.4 Å². The molecule has 0 radical (unpaired) electrons. The van der Waals surface area contributed by atoms with E-state index in [9.17, 15) is 9.59 Å². The van der Waals surface area contributed by atoms with Crippen LogP contribution in [-0.4, -0.2) is 65.7 Å². The normalized spacial score (nSPS) is 33.9. The first-order valence-corrected chi connectivity index (χ1v) is 9.34. The number of fused-ring (bicyclic) bond motifs is 1. The molecule has 3 rings (SSSR count). The molecule has 0 spiro atoms. The average Bonchev–Trinajstić information content (AvgIpc) is 3.26. The van der Waals surface area contributed by atoms with Crippen LogP contribution in [0.3, 0.4) is 0 Å². The molecule has 0 bridgehead atoms. The van der Waals surface area contributed by atoms with Gasteiger partial charge < -0.3 is 20.2 Å². The fraction of sp³-hybridized carbons (Fsp3) is 0.833. The Balaban J connectivity index is 1.40. The second kappa shape index (κ2) is 7.61. The first-order valence-electron chi connectivity index (χ1n) is 9.34. The summed E-state index contributed by atoms with van der Waals surface area (Å²) in [5.41, 5.74) is 0. The first kappa shape index (κ1) is 18.0. The van der Waals surface area contributed by atoms with E-state index in [1.165, 1.54) is 4.90 Å². The number of nitrogens with one attached hydrogen (secondary N) is 1. The molecule has 138 valence electrons. The van der Waals surface area contributed by atoms with Crippen LogP contribution in [0.2, 0.25) is 0 Å². The van der Waals surface area contributed by atoms with Gasteiger partial charge in [-0.15, -0.1) is 0 Å². The molecule has 7 heteroatoms. The smallest absolute Gasteiger partial charge is 0.407 e. The van der Waals surface area contributed by atoms with Gasteiger partial charge in [0.05, 0.1) is 12.6 Å². The zero-order chi connectivity index (χ0) is 18.0. The number of likely N-dealkylation sites (tertiary alicyclic amines) is 1. The number of nitriles is 1. The van der Waals surface area contributed by atoms with Gasteiger partial charge in [-0.25, -0.2) is 4.79 Å². The minimum Gasteiger partial charge on any atom is -0.465 e. The molecule has 2 saturated carbocycles. The van der Waals surface area contributed by atoms with Gasteiger partial charge in [0, 0.05) is 26.2 Å². The molecule has 1 heterocycles. The Labute approximate surface area is 149 Å². The Hall–Kier alpha value is -1.81. The minimum atomic E-state index is -0.854. The quantitative estimate of drug-likeness (QED) is 0.785. The number of hydrogen-bond donors (Lipinski definition) is 2. The maximum Gasteiger partial charge on any atom is 0.407 e. The molecule has 1 aliphatic heterocycles. The number of carboxylic acid groups (broad SMARTS) is 1. The Kier molecular flexibility index (Phi) is 5.48. The van der Waals surface area contributed by atoms with Crippen LogP contribution < -0.4 is 5.32 Å². The molecule has 2 amide bonds. The predicted molar refractivity (Wildman–Crippen MR) is 91.7 cm³/mol. The summed E-state index contributed by atoms with van der Waals surface area (Å²) in [5.74, 6) is 1.82. The summed E-state index contributed by atoms with van der Waals surface area (Å²) in [5, 5.41) is 21.5. The Bertz CT molecular complexity index is 547. The Morgan fingerprint density at radius 1 is 1.28 bits per heavy atom. The summed E-state index contributed by atoms with van der Waals surface area (Å²) < 4.78 is 0. The van der Waals surface area contributed by atoms with Gasteiger partial charge in [0.25, 0.3) is 0 Å². The fourth-order valence-corrected chi connectivity index (χ4v) is 5.06. The van der Waals surface area contributed by atoms with Gasteiger partial charge in [-0.05, 0) is 56.3 Å². The van der Waals surface area contributed by atoms with Crippen LogP contribution in [0.15, 0.2) is 0 Å². The Morgan fingerprint density at radius 3 is 2.56 bits per heavy atom. The first-order chi connectivity index (χ1) is 12.0. The highest BCUT2D eigenvalue weighted by molar-refractivity contribution is 5.79. The van der Waals surface area contributed by atoms with Crippen LogP contribution in [0.1, 0.15) is 38.5 Å². The maximum absolute atomic E-state index is 12.3. The number of carbonyl (C=O) groups is 2. The van der Waals surface area contributed by atoms with Crippen LogP contribution in [-0.2, 0) is 4.79 Å². The van der Waals surface area contributed by atoms with Gasteiger partial charge in [0.15, 0.2) is 0 Å². The van der Waals surface area contributed by atoms with E-state index in [-0.39, 0.29) is 11.9 Å². The summed E-state index contributed by atoms with van der Waals surface area (Å²) in [6, 6.07) is 2.34. The monoisotopic (exact) mass is 348 g/mol. The summed E-state index contributed by atoms with van der Waals surface area (Å²) in [7, 11) is 1.64. The number of hydrogen-bond acceptors (Lipinski definition) is 4. The molecule has 3 fully saturated rings. The average molecular weight is 348 g/mol. The van der Waals surface area contributed by atoms with Crippen molar-refractivity contribution in [3.63, 3.8) is 0 Å². The zero-order valence-electron chi connectivity index (χ0n) is 14.9. The van der Waals surface area contributed by atoms with Crippen LogP contribution in [0, 0.1) is 29.1 Å². The van der Waals surface area contributed by atoms with Gasteiger partial charge in [-0.2, -0.15) is 5.26 Å². The molecule has 3 unspecified atom stereocenters. The van der Waals surface area contributed by atoms with Gasteiger partial charge in [0.2, 0.25) is 5.91 Å². The highest BCUT2D eigenvalue weighted by Crippen LogP contribution is 2.47. The SMILES string of the molecule is CN(CC1CC2CC(NCC(=O)N3CCCC3C#N)CC2C1)C(=O)O. The van der Waals surface area contributed by atoms with Crippen molar-refractivity contribution in [3.8, 4) is 6.07 Å². The molecule has 0 aromatic carbocycles. The van der Waals surface area contributed by atoms with Crippen molar-refractivity contribution < 1.29 is 14.7 Å². The second-order valence-corrected chi connectivity index (χ2v) is 7.94. The molecule has 7 nitrogen and oxygen atoms in total. The third kappa shape index (κ3) is 4.06. The lowest BCUT2D eigenvalue weighted by Crippen LogP contribution is -2.43. The van der Waals surface area contributed by atoms with Gasteiger partial charge in [-0.1, -0.05) is 0 Å². The van der Waals surface area contributed by atoms with E-state index in [1.807, 2.05) is 0 Å². The lowest BCUT2D eigenvalue weighted by Gasteiger charge is -2.22. The molecule has 1 saturated heterocycles. The molecule has 3 atom stereocenters. The number of nitrogens with zero attached hydrogens (tertiary/aromatic N) is 3. The van der Waals surface area contributed by atoms with Gasteiger partial charge in [-0.3, -0.25) is 4.79 Å². The van der Waals surface area contributed by atoms with E-state index in [0.717, 1.165) is 38.5 Å². The van der Waals surface area contributed by atoms with Crippen molar-refractivity contribution in [2.45, 2.75) is 50.6 Å². The molecular formula is C18H28N4O3. The van der Waals surface area contributed by atoms with E-state index in [4.69, 9.17) is 10.4 Å². The second-order valence-electron chi connectivity index (χ2n) is 7.94. The van der Waals surface area contributed by atoms with Crippen LogP contribution in [0.25, 0.3) is 0 Å². The number of rotatable bonds is 5. The van der Waals surface area contributed by atoms with Crippen molar-refractivity contribution in [1.29, 1.82) is 5.26 Å². The van der Waals surface area contributed by atoms with Crippen molar-refractivity contribution in [3.05, 3.63) is 0 Å². The van der Waals surface area contributed by atoms with E-state index < -0.39 is 6.09 Å².